The van der Waals surface area contributed by atoms with Gasteiger partial charge >= 0.3 is 0 Å². The maximum absolute atomic E-state index is 12.3. The van der Waals surface area contributed by atoms with E-state index in [2.05, 4.69) is 19.1 Å². The molecule has 0 saturated heterocycles. The molecule has 2 aromatic rings. The number of benzene rings is 1. The zero-order valence-electron chi connectivity index (χ0n) is 12.3. The van der Waals surface area contributed by atoms with Crippen LogP contribution in [0, 0.1) is 11.3 Å². The molecule has 0 bridgehead atoms. The maximum atomic E-state index is 12.3. The lowest BCUT2D eigenvalue weighted by Crippen LogP contribution is -2.25. The third-order valence-electron chi connectivity index (χ3n) is 3.47. The molecular formula is C17H18N2O2. The van der Waals surface area contributed by atoms with Gasteiger partial charge in [0, 0.05) is 13.7 Å². The van der Waals surface area contributed by atoms with Crippen molar-refractivity contribution in [1.82, 2.24) is 4.57 Å². The van der Waals surface area contributed by atoms with Crippen LogP contribution in [0.4, 0.5) is 0 Å². The number of hydrogen-bond donors (Lipinski definition) is 0. The molecule has 0 aliphatic rings. The Morgan fingerprint density at radius 2 is 1.90 bits per heavy atom. The summed E-state index contributed by atoms with van der Waals surface area (Å²) >= 11 is 0. The summed E-state index contributed by atoms with van der Waals surface area (Å²) in [6.45, 7) is 2.95. The molecule has 108 valence electrons. The average molecular weight is 282 g/mol. The van der Waals surface area contributed by atoms with Crippen LogP contribution in [0.5, 0.6) is 0 Å². The van der Waals surface area contributed by atoms with E-state index in [0.717, 1.165) is 17.7 Å². The minimum absolute atomic E-state index is 0.153. The second-order valence-corrected chi connectivity index (χ2v) is 4.74. The third-order valence-corrected chi connectivity index (χ3v) is 3.47. The van der Waals surface area contributed by atoms with Crippen LogP contribution in [0.2, 0.25) is 0 Å². The first kappa shape index (κ1) is 15.0. The highest BCUT2D eigenvalue weighted by molar-refractivity contribution is 5.60. The van der Waals surface area contributed by atoms with Crippen LogP contribution >= 0.6 is 0 Å². The molecule has 0 unspecified atom stereocenters. The zero-order valence-corrected chi connectivity index (χ0v) is 12.3. The van der Waals surface area contributed by atoms with Crippen molar-refractivity contribution in [3.05, 3.63) is 57.9 Å². The van der Waals surface area contributed by atoms with Gasteiger partial charge in [-0.15, -0.1) is 0 Å². The van der Waals surface area contributed by atoms with Crippen LogP contribution in [-0.2, 0) is 17.7 Å². The largest absolute Gasteiger partial charge is 0.383 e. The van der Waals surface area contributed by atoms with E-state index in [4.69, 9.17) is 10.00 Å². The highest BCUT2D eigenvalue weighted by Gasteiger charge is 2.10. The predicted octanol–water partition coefficient (Wildman–Crippen LogP) is 2.60. The first-order valence-electron chi connectivity index (χ1n) is 6.93. The van der Waals surface area contributed by atoms with Gasteiger partial charge in [-0.1, -0.05) is 31.2 Å². The Kier molecular flexibility index (Phi) is 4.91. The average Bonchev–Trinajstić information content (AvgIpc) is 2.53. The number of nitriles is 1. The molecule has 0 atom stereocenters. The number of ether oxygens (including phenoxy) is 1. The molecule has 4 heteroatoms. The third kappa shape index (κ3) is 3.21. The van der Waals surface area contributed by atoms with Crippen LogP contribution < -0.4 is 5.56 Å². The van der Waals surface area contributed by atoms with E-state index >= 15 is 0 Å². The van der Waals surface area contributed by atoms with Gasteiger partial charge in [0.25, 0.3) is 5.56 Å². The summed E-state index contributed by atoms with van der Waals surface area (Å²) in [5.41, 5.74) is 2.90. The van der Waals surface area contributed by atoms with Gasteiger partial charge in [0.1, 0.15) is 11.6 Å². The molecule has 0 fully saturated rings. The normalized spacial score (nSPS) is 10.3. The fraction of sp³-hybridized carbons (Fsp3) is 0.294. The topological polar surface area (TPSA) is 55.0 Å². The molecule has 1 heterocycles. The van der Waals surface area contributed by atoms with Crippen molar-refractivity contribution in [3.63, 3.8) is 0 Å². The Bertz CT molecular complexity index is 709. The number of aryl methyl sites for hydroxylation is 1. The molecule has 0 aliphatic heterocycles. The SMILES string of the molecule is CCc1ccc(-c2ccc(C#N)c(=O)n2CCOC)cc1. The molecule has 0 radical (unpaired) electrons. The highest BCUT2D eigenvalue weighted by Crippen LogP contribution is 2.19. The van der Waals surface area contributed by atoms with E-state index in [9.17, 15) is 4.79 Å². The fourth-order valence-electron chi connectivity index (χ4n) is 2.23. The first-order chi connectivity index (χ1) is 10.2. The number of nitrogens with zero attached hydrogens (tertiary/aromatic N) is 2. The number of pyridine rings is 1. The molecule has 2 rings (SSSR count). The summed E-state index contributed by atoms with van der Waals surface area (Å²) in [5, 5.41) is 9.00. The molecule has 0 saturated carbocycles. The van der Waals surface area contributed by atoms with Crippen LogP contribution in [0.25, 0.3) is 11.3 Å². The van der Waals surface area contributed by atoms with Gasteiger partial charge in [-0.3, -0.25) is 4.79 Å². The monoisotopic (exact) mass is 282 g/mol. The summed E-state index contributed by atoms with van der Waals surface area (Å²) in [5.74, 6) is 0. The maximum Gasteiger partial charge on any atom is 0.269 e. The van der Waals surface area contributed by atoms with E-state index < -0.39 is 0 Å². The Morgan fingerprint density at radius 3 is 2.48 bits per heavy atom. The van der Waals surface area contributed by atoms with E-state index in [1.807, 2.05) is 24.3 Å². The second-order valence-electron chi connectivity index (χ2n) is 4.74. The van der Waals surface area contributed by atoms with Gasteiger partial charge in [0.05, 0.1) is 12.3 Å². The summed E-state index contributed by atoms with van der Waals surface area (Å²) in [4.78, 5) is 12.3. The Labute approximate surface area is 124 Å². The number of aromatic nitrogens is 1. The quantitative estimate of drug-likeness (QED) is 0.847. The van der Waals surface area contributed by atoms with Crippen molar-refractivity contribution in [2.45, 2.75) is 19.9 Å². The van der Waals surface area contributed by atoms with Crippen LogP contribution in [-0.4, -0.2) is 18.3 Å². The minimum atomic E-state index is -0.272. The Hall–Kier alpha value is -2.38. The highest BCUT2D eigenvalue weighted by atomic mass is 16.5. The lowest BCUT2D eigenvalue weighted by Gasteiger charge is -2.13. The Balaban J connectivity index is 2.53. The van der Waals surface area contributed by atoms with Gasteiger partial charge < -0.3 is 9.30 Å². The Morgan fingerprint density at radius 1 is 1.19 bits per heavy atom. The summed E-state index contributed by atoms with van der Waals surface area (Å²) in [6, 6.07) is 13.4. The van der Waals surface area contributed by atoms with Crippen LogP contribution in [0.3, 0.4) is 0 Å². The molecule has 0 N–H and O–H groups in total. The summed E-state index contributed by atoms with van der Waals surface area (Å²) < 4.78 is 6.66. The van der Waals surface area contributed by atoms with E-state index in [-0.39, 0.29) is 11.1 Å². The smallest absolute Gasteiger partial charge is 0.269 e. The molecule has 0 aliphatic carbocycles. The van der Waals surface area contributed by atoms with Crippen molar-refractivity contribution in [3.8, 4) is 17.3 Å². The summed E-state index contributed by atoms with van der Waals surface area (Å²) in [7, 11) is 1.59. The molecular weight excluding hydrogens is 264 g/mol. The standard InChI is InChI=1S/C17H18N2O2/c1-3-13-4-6-14(7-5-13)16-9-8-15(12-18)17(20)19(16)10-11-21-2/h4-9H,3,10-11H2,1-2H3. The van der Waals surface area contributed by atoms with Crippen molar-refractivity contribution in [2.75, 3.05) is 13.7 Å². The van der Waals surface area contributed by atoms with Crippen LogP contribution in [0.1, 0.15) is 18.1 Å². The van der Waals surface area contributed by atoms with Gasteiger partial charge in [-0.2, -0.15) is 5.26 Å². The lowest BCUT2D eigenvalue weighted by molar-refractivity contribution is 0.186. The molecule has 0 spiro atoms. The van der Waals surface area contributed by atoms with Gasteiger partial charge in [0.2, 0.25) is 0 Å². The summed E-state index contributed by atoms with van der Waals surface area (Å²) in [6.07, 6.45) is 0.976. The van der Waals surface area contributed by atoms with Crippen molar-refractivity contribution in [1.29, 1.82) is 5.26 Å². The number of methoxy groups -OCH3 is 1. The molecule has 4 nitrogen and oxygen atoms in total. The van der Waals surface area contributed by atoms with E-state index in [0.29, 0.717) is 13.2 Å². The van der Waals surface area contributed by atoms with E-state index in [1.165, 1.54) is 5.56 Å². The van der Waals surface area contributed by atoms with Crippen molar-refractivity contribution >= 4 is 0 Å². The van der Waals surface area contributed by atoms with Crippen LogP contribution in [0.15, 0.2) is 41.2 Å². The number of rotatable bonds is 5. The molecule has 21 heavy (non-hydrogen) atoms. The molecule has 0 amide bonds. The number of hydrogen-bond acceptors (Lipinski definition) is 3. The predicted molar refractivity (Wildman–Crippen MR) is 82.1 cm³/mol. The minimum Gasteiger partial charge on any atom is -0.383 e. The van der Waals surface area contributed by atoms with E-state index in [1.54, 1.807) is 17.7 Å². The second kappa shape index (κ2) is 6.87. The van der Waals surface area contributed by atoms with Gasteiger partial charge in [-0.05, 0) is 29.7 Å². The van der Waals surface area contributed by atoms with Crippen molar-refractivity contribution < 1.29 is 4.74 Å². The first-order valence-corrected chi connectivity index (χ1v) is 6.93. The zero-order chi connectivity index (χ0) is 15.2. The van der Waals surface area contributed by atoms with Crippen molar-refractivity contribution in [2.24, 2.45) is 0 Å². The molecule has 1 aromatic carbocycles. The molecule has 1 aromatic heterocycles. The lowest BCUT2D eigenvalue weighted by atomic mass is 10.1. The van der Waals surface area contributed by atoms with Gasteiger partial charge in [0.15, 0.2) is 0 Å². The van der Waals surface area contributed by atoms with Gasteiger partial charge in [-0.25, -0.2) is 0 Å². The fourth-order valence-corrected chi connectivity index (χ4v) is 2.23.